The van der Waals surface area contributed by atoms with Gasteiger partial charge in [-0.25, -0.2) is 0 Å². The average Bonchev–Trinajstić information content (AvgIpc) is 2.89. The zero-order chi connectivity index (χ0) is 15.2. The number of aromatic nitrogens is 4. The van der Waals surface area contributed by atoms with E-state index in [4.69, 9.17) is 0 Å². The minimum absolute atomic E-state index is 0.314. The fraction of sp³-hybridized carbons (Fsp3) is 0.562. The zero-order valence-corrected chi connectivity index (χ0v) is 13.4. The smallest absolute Gasteiger partial charge is 0.0676 e. The molecule has 1 unspecified atom stereocenters. The van der Waals surface area contributed by atoms with E-state index in [0.29, 0.717) is 6.04 Å². The minimum Gasteiger partial charge on any atom is -0.310 e. The summed E-state index contributed by atoms with van der Waals surface area (Å²) in [5.74, 6) is 0. The molecule has 0 aromatic carbocycles. The largest absolute Gasteiger partial charge is 0.310 e. The molecule has 5 nitrogen and oxygen atoms in total. The van der Waals surface area contributed by atoms with Crippen LogP contribution in [0.3, 0.4) is 0 Å². The molecule has 2 heterocycles. The Morgan fingerprint density at radius 2 is 2.10 bits per heavy atom. The van der Waals surface area contributed by atoms with Gasteiger partial charge in [-0.2, -0.15) is 15.3 Å². The first kappa shape index (κ1) is 15.6. The lowest BCUT2D eigenvalue weighted by molar-refractivity contribution is 0.499. The maximum atomic E-state index is 4.35. The van der Waals surface area contributed by atoms with Crippen LogP contribution in [0.1, 0.15) is 49.0 Å². The highest BCUT2D eigenvalue weighted by molar-refractivity contribution is 5.25. The van der Waals surface area contributed by atoms with Gasteiger partial charge in [0.1, 0.15) is 0 Å². The van der Waals surface area contributed by atoms with Crippen LogP contribution < -0.4 is 5.32 Å². The average molecular weight is 287 g/mol. The van der Waals surface area contributed by atoms with Crippen molar-refractivity contribution in [1.29, 1.82) is 0 Å². The molecule has 1 atom stereocenters. The SMILES string of the molecule is CCNC(CCc1ccnn1C)c1cc(C)nnc1CC. The third kappa shape index (κ3) is 3.88. The number of rotatable bonds is 7. The Morgan fingerprint density at radius 3 is 2.71 bits per heavy atom. The van der Waals surface area contributed by atoms with Gasteiger partial charge < -0.3 is 5.32 Å². The summed E-state index contributed by atoms with van der Waals surface area (Å²) < 4.78 is 1.94. The molecule has 0 amide bonds. The van der Waals surface area contributed by atoms with E-state index in [1.165, 1.54) is 11.3 Å². The van der Waals surface area contributed by atoms with Crippen LogP contribution in [0.25, 0.3) is 0 Å². The first-order valence-electron chi connectivity index (χ1n) is 7.69. The van der Waals surface area contributed by atoms with E-state index in [2.05, 4.69) is 46.6 Å². The van der Waals surface area contributed by atoms with Gasteiger partial charge in [0, 0.05) is 25.0 Å². The molecule has 2 rings (SSSR count). The highest BCUT2D eigenvalue weighted by Crippen LogP contribution is 2.22. The van der Waals surface area contributed by atoms with Gasteiger partial charge in [-0.1, -0.05) is 13.8 Å². The van der Waals surface area contributed by atoms with E-state index >= 15 is 0 Å². The fourth-order valence-electron chi connectivity index (χ4n) is 2.66. The zero-order valence-electron chi connectivity index (χ0n) is 13.4. The van der Waals surface area contributed by atoms with E-state index < -0.39 is 0 Å². The maximum Gasteiger partial charge on any atom is 0.0676 e. The van der Waals surface area contributed by atoms with Gasteiger partial charge in [0.15, 0.2) is 0 Å². The predicted molar refractivity (Wildman–Crippen MR) is 84.1 cm³/mol. The summed E-state index contributed by atoms with van der Waals surface area (Å²) >= 11 is 0. The molecule has 5 heteroatoms. The van der Waals surface area contributed by atoms with Gasteiger partial charge in [-0.3, -0.25) is 4.68 Å². The Bertz CT molecular complexity index is 576. The molecular formula is C16H25N5. The topological polar surface area (TPSA) is 55.6 Å². The van der Waals surface area contributed by atoms with Crippen LogP contribution in [0.4, 0.5) is 0 Å². The first-order chi connectivity index (χ1) is 10.2. The van der Waals surface area contributed by atoms with Crippen molar-refractivity contribution in [2.24, 2.45) is 7.05 Å². The van der Waals surface area contributed by atoms with Gasteiger partial charge in [-0.15, -0.1) is 0 Å². The Hall–Kier alpha value is -1.75. The summed E-state index contributed by atoms with van der Waals surface area (Å²) in [5.41, 5.74) is 4.62. The van der Waals surface area contributed by atoms with Gasteiger partial charge in [0.2, 0.25) is 0 Å². The second-order valence-electron chi connectivity index (χ2n) is 5.34. The Balaban J connectivity index is 2.18. The van der Waals surface area contributed by atoms with Crippen molar-refractivity contribution in [3.63, 3.8) is 0 Å². The standard InChI is InChI=1S/C16H25N5/c1-5-15-14(11-12(3)19-20-15)16(17-6-2)8-7-13-9-10-18-21(13)4/h9-11,16-17H,5-8H2,1-4H3. The van der Waals surface area contributed by atoms with E-state index in [0.717, 1.165) is 37.2 Å². The predicted octanol–water partition coefficient (Wildman–Crippen LogP) is 2.36. The molecule has 114 valence electrons. The Kier molecular flexibility index (Phi) is 5.44. The van der Waals surface area contributed by atoms with Crippen molar-refractivity contribution >= 4 is 0 Å². The summed E-state index contributed by atoms with van der Waals surface area (Å²) in [6, 6.07) is 4.57. The highest BCUT2D eigenvalue weighted by atomic mass is 15.2. The molecule has 2 aromatic rings. The summed E-state index contributed by atoms with van der Waals surface area (Å²) in [6.07, 6.45) is 4.80. The van der Waals surface area contributed by atoms with Crippen molar-refractivity contribution in [3.8, 4) is 0 Å². The Morgan fingerprint density at radius 1 is 1.29 bits per heavy atom. The molecular weight excluding hydrogens is 262 g/mol. The van der Waals surface area contributed by atoms with Crippen molar-refractivity contribution in [1.82, 2.24) is 25.3 Å². The molecule has 0 aliphatic carbocycles. The molecule has 0 saturated carbocycles. The molecule has 0 radical (unpaired) electrons. The van der Waals surface area contributed by atoms with Gasteiger partial charge in [0.05, 0.1) is 11.4 Å². The van der Waals surface area contributed by atoms with Crippen molar-refractivity contribution in [2.75, 3.05) is 6.54 Å². The first-order valence-corrected chi connectivity index (χ1v) is 7.69. The molecule has 0 aliphatic heterocycles. The maximum absolute atomic E-state index is 4.35. The monoisotopic (exact) mass is 287 g/mol. The van der Waals surface area contributed by atoms with Crippen LogP contribution in [-0.2, 0) is 19.9 Å². The molecule has 0 aliphatic rings. The number of hydrogen-bond donors (Lipinski definition) is 1. The van der Waals surface area contributed by atoms with Gasteiger partial charge in [0.25, 0.3) is 0 Å². The summed E-state index contributed by atoms with van der Waals surface area (Å²) in [6.45, 7) is 7.22. The number of aryl methyl sites for hydroxylation is 4. The molecule has 1 N–H and O–H groups in total. The van der Waals surface area contributed by atoms with Crippen LogP contribution in [0.5, 0.6) is 0 Å². The number of nitrogens with zero attached hydrogens (tertiary/aromatic N) is 4. The second-order valence-corrected chi connectivity index (χ2v) is 5.34. The van der Waals surface area contributed by atoms with Gasteiger partial charge >= 0.3 is 0 Å². The molecule has 0 spiro atoms. The van der Waals surface area contributed by atoms with Crippen molar-refractivity contribution in [2.45, 2.75) is 46.1 Å². The molecule has 21 heavy (non-hydrogen) atoms. The van der Waals surface area contributed by atoms with Crippen LogP contribution in [0.15, 0.2) is 18.3 Å². The van der Waals surface area contributed by atoms with Crippen molar-refractivity contribution in [3.05, 3.63) is 41.0 Å². The fourth-order valence-corrected chi connectivity index (χ4v) is 2.66. The second kappa shape index (κ2) is 7.31. The normalized spacial score (nSPS) is 12.6. The van der Waals surface area contributed by atoms with Gasteiger partial charge in [-0.05, 0) is 50.4 Å². The van der Waals surface area contributed by atoms with E-state index in [-0.39, 0.29) is 0 Å². The van der Waals surface area contributed by atoms with Crippen LogP contribution in [0, 0.1) is 6.92 Å². The highest BCUT2D eigenvalue weighted by Gasteiger charge is 2.16. The molecule has 0 saturated heterocycles. The third-order valence-corrected chi connectivity index (χ3v) is 3.80. The van der Waals surface area contributed by atoms with Crippen LogP contribution in [0.2, 0.25) is 0 Å². The lowest BCUT2D eigenvalue weighted by atomic mass is 9.98. The molecule has 2 aromatic heterocycles. The summed E-state index contributed by atoms with van der Waals surface area (Å²) in [5, 5.41) is 16.4. The quantitative estimate of drug-likeness (QED) is 0.849. The van der Waals surface area contributed by atoms with E-state index in [1.807, 2.05) is 24.9 Å². The lowest BCUT2D eigenvalue weighted by Crippen LogP contribution is -2.24. The Labute approximate surface area is 126 Å². The summed E-state index contributed by atoms with van der Waals surface area (Å²) in [7, 11) is 1.99. The van der Waals surface area contributed by atoms with E-state index in [1.54, 1.807) is 0 Å². The molecule has 0 bridgehead atoms. The number of nitrogens with one attached hydrogen (secondary N) is 1. The third-order valence-electron chi connectivity index (χ3n) is 3.80. The summed E-state index contributed by atoms with van der Waals surface area (Å²) in [4.78, 5) is 0. The lowest BCUT2D eigenvalue weighted by Gasteiger charge is -2.20. The van der Waals surface area contributed by atoms with E-state index in [9.17, 15) is 0 Å². The van der Waals surface area contributed by atoms with Crippen molar-refractivity contribution < 1.29 is 0 Å². The molecule has 0 fully saturated rings. The van der Waals surface area contributed by atoms with Crippen LogP contribution >= 0.6 is 0 Å². The van der Waals surface area contributed by atoms with Crippen LogP contribution in [-0.4, -0.2) is 26.5 Å². The number of hydrogen-bond acceptors (Lipinski definition) is 4. The minimum atomic E-state index is 0.314.